The van der Waals surface area contributed by atoms with Crippen LogP contribution in [0.1, 0.15) is 35.9 Å². The molecule has 1 aliphatic heterocycles. The molecule has 9 heteroatoms. The fraction of sp³-hybridized carbons (Fsp3) is 0.636. The molecule has 0 aliphatic carbocycles. The first-order valence-corrected chi connectivity index (χ1v) is 7.63. The molecule has 0 atom stereocenters. The molecule has 1 aromatic rings. The Kier molecular flexibility index (Phi) is 3.85. The molecule has 0 bridgehead atoms. The normalized spacial score (nSPS) is 18.9. The highest BCUT2D eigenvalue weighted by molar-refractivity contribution is 7.89. The number of ether oxygens (including phenoxy) is 1. The van der Waals surface area contributed by atoms with Gasteiger partial charge in [0.05, 0.1) is 5.69 Å². The third-order valence-electron chi connectivity index (χ3n) is 3.34. The van der Waals surface area contributed by atoms with E-state index in [2.05, 4.69) is 14.9 Å². The Hall–Kier alpha value is -1.45. The van der Waals surface area contributed by atoms with Crippen molar-refractivity contribution in [1.29, 1.82) is 0 Å². The molecule has 2 rings (SSSR count). The lowest BCUT2D eigenvalue weighted by Crippen LogP contribution is -2.49. The molecule has 0 unspecified atom stereocenters. The van der Waals surface area contributed by atoms with Crippen LogP contribution in [0.3, 0.4) is 0 Å². The van der Waals surface area contributed by atoms with E-state index in [1.54, 1.807) is 6.92 Å². The number of aromatic carboxylic acids is 1. The van der Waals surface area contributed by atoms with Gasteiger partial charge in [0.15, 0.2) is 5.69 Å². The topological polar surface area (TPSA) is 121 Å². The molecule has 20 heavy (non-hydrogen) atoms. The van der Waals surface area contributed by atoms with E-state index in [4.69, 9.17) is 9.84 Å². The van der Waals surface area contributed by atoms with Crippen molar-refractivity contribution in [2.24, 2.45) is 0 Å². The lowest BCUT2D eigenvalue weighted by atomic mass is 9.94. The quantitative estimate of drug-likeness (QED) is 0.733. The third kappa shape index (κ3) is 2.84. The molecule has 3 N–H and O–H groups in total. The lowest BCUT2D eigenvalue weighted by molar-refractivity contribution is 0.0536. The minimum Gasteiger partial charge on any atom is -0.476 e. The van der Waals surface area contributed by atoms with Crippen LogP contribution in [-0.4, -0.2) is 48.4 Å². The zero-order valence-electron chi connectivity index (χ0n) is 11.3. The number of hydrogen-bond acceptors (Lipinski definition) is 5. The summed E-state index contributed by atoms with van der Waals surface area (Å²) in [6.45, 7) is 4.19. The number of aryl methyl sites for hydroxylation is 1. The summed E-state index contributed by atoms with van der Waals surface area (Å²) in [5.74, 6) is -1.38. The number of H-pyrrole nitrogens is 1. The Morgan fingerprint density at radius 3 is 2.60 bits per heavy atom. The third-order valence-corrected chi connectivity index (χ3v) is 5.14. The monoisotopic (exact) mass is 303 g/mol. The molecule has 1 aromatic heterocycles. The maximum Gasteiger partial charge on any atom is 0.357 e. The Balaban J connectivity index is 2.36. The molecule has 0 amide bonds. The SMILES string of the molecule is Cc1[nH]nc(C(=O)O)c1S(=O)(=O)NC1(C)CCOCC1. The van der Waals surface area contributed by atoms with Gasteiger partial charge in [-0.3, -0.25) is 5.10 Å². The fourth-order valence-electron chi connectivity index (χ4n) is 2.19. The second kappa shape index (κ2) is 5.15. The number of rotatable bonds is 4. The van der Waals surface area contributed by atoms with Crippen molar-refractivity contribution in [1.82, 2.24) is 14.9 Å². The van der Waals surface area contributed by atoms with Crippen LogP contribution in [0.2, 0.25) is 0 Å². The minimum absolute atomic E-state index is 0.200. The predicted molar refractivity (Wildman–Crippen MR) is 69.1 cm³/mol. The summed E-state index contributed by atoms with van der Waals surface area (Å²) < 4.78 is 32.7. The van der Waals surface area contributed by atoms with E-state index in [0.717, 1.165) is 0 Å². The summed E-state index contributed by atoms with van der Waals surface area (Å²) in [5, 5.41) is 14.9. The number of aromatic nitrogens is 2. The van der Waals surface area contributed by atoms with Crippen molar-refractivity contribution in [2.75, 3.05) is 13.2 Å². The summed E-state index contributed by atoms with van der Waals surface area (Å²) in [7, 11) is -3.96. The number of carboxylic acids is 1. The van der Waals surface area contributed by atoms with Crippen LogP contribution >= 0.6 is 0 Å². The largest absolute Gasteiger partial charge is 0.476 e. The van der Waals surface area contributed by atoms with Crippen LogP contribution in [0.25, 0.3) is 0 Å². The molecule has 112 valence electrons. The summed E-state index contributed by atoms with van der Waals surface area (Å²) in [6, 6.07) is 0. The highest BCUT2D eigenvalue weighted by Gasteiger charge is 2.36. The van der Waals surface area contributed by atoms with Crippen LogP contribution in [0, 0.1) is 6.92 Å². The standard InChI is InChI=1S/C11H17N3O5S/c1-7-9(8(10(15)16)13-12-7)20(17,18)14-11(2)3-5-19-6-4-11/h14H,3-6H2,1-2H3,(H,12,13)(H,15,16). The predicted octanol–water partition coefficient (Wildman–Crippen LogP) is 0.264. The first-order valence-electron chi connectivity index (χ1n) is 6.15. The van der Waals surface area contributed by atoms with Gasteiger partial charge in [0.2, 0.25) is 10.0 Å². The number of nitrogens with one attached hydrogen (secondary N) is 2. The van der Waals surface area contributed by atoms with E-state index in [1.165, 1.54) is 6.92 Å². The minimum atomic E-state index is -3.96. The van der Waals surface area contributed by atoms with E-state index in [-0.39, 0.29) is 10.6 Å². The van der Waals surface area contributed by atoms with Crippen LogP contribution in [0.15, 0.2) is 4.90 Å². The first-order chi connectivity index (χ1) is 9.25. The molecule has 0 aromatic carbocycles. The Morgan fingerprint density at radius 1 is 1.45 bits per heavy atom. The van der Waals surface area contributed by atoms with Gasteiger partial charge < -0.3 is 9.84 Å². The van der Waals surface area contributed by atoms with Gasteiger partial charge in [0, 0.05) is 18.8 Å². The van der Waals surface area contributed by atoms with Crippen molar-refractivity contribution in [3.8, 4) is 0 Å². The molecule has 0 saturated carbocycles. The average molecular weight is 303 g/mol. The van der Waals surface area contributed by atoms with Gasteiger partial charge in [0.25, 0.3) is 0 Å². The number of nitrogens with zero attached hydrogens (tertiary/aromatic N) is 1. The summed E-state index contributed by atoms with van der Waals surface area (Å²) in [5.41, 5.74) is -0.937. The lowest BCUT2D eigenvalue weighted by Gasteiger charge is -2.33. The van der Waals surface area contributed by atoms with E-state index in [1.807, 2.05) is 0 Å². The Bertz CT molecular complexity index is 616. The Labute approximate surface area is 116 Å². The van der Waals surface area contributed by atoms with Crippen LogP contribution in [0.4, 0.5) is 0 Å². The maximum atomic E-state index is 12.4. The molecule has 1 fully saturated rings. The maximum absolute atomic E-state index is 12.4. The summed E-state index contributed by atoms with van der Waals surface area (Å²) >= 11 is 0. The van der Waals surface area contributed by atoms with Crippen LogP contribution < -0.4 is 4.72 Å². The highest BCUT2D eigenvalue weighted by Crippen LogP contribution is 2.25. The molecular weight excluding hydrogens is 286 g/mol. The van der Waals surface area contributed by atoms with Crippen molar-refractivity contribution < 1.29 is 23.1 Å². The smallest absolute Gasteiger partial charge is 0.357 e. The molecule has 8 nitrogen and oxygen atoms in total. The molecule has 1 saturated heterocycles. The second-order valence-electron chi connectivity index (χ2n) is 5.11. The van der Waals surface area contributed by atoms with Gasteiger partial charge >= 0.3 is 5.97 Å². The van der Waals surface area contributed by atoms with Gasteiger partial charge in [-0.15, -0.1) is 0 Å². The number of carbonyl (C=O) groups is 1. The number of aromatic amines is 1. The van der Waals surface area contributed by atoms with E-state index in [9.17, 15) is 13.2 Å². The average Bonchev–Trinajstić information content (AvgIpc) is 2.71. The summed E-state index contributed by atoms with van der Waals surface area (Å²) in [4.78, 5) is 10.8. The number of carboxylic acid groups (broad SMARTS) is 1. The molecule has 0 radical (unpaired) electrons. The number of sulfonamides is 1. The van der Waals surface area contributed by atoms with E-state index in [0.29, 0.717) is 26.1 Å². The van der Waals surface area contributed by atoms with E-state index >= 15 is 0 Å². The summed E-state index contributed by atoms with van der Waals surface area (Å²) in [6.07, 6.45) is 1.07. The zero-order chi connectivity index (χ0) is 15.0. The zero-order valence-corrected chi connectivity index (χ0v) is 12.1. The number of hydrogen-bond donors (Lipinski definition) is 3. The second-order valence-corrected chi connectivity index (χ2v) is 6.73. The van der Waals surface area contributed by atoms with Crippen LogP contribution in [0.5, 0.6) is 0 Å². The highest BCUT2D eigenvalue weighted by atomic mass is 32.2. The van der Waals surface area contributed by atoms with Gasteiger partial charge in [-0.1, -0.05) is 0 Å². The molecular formula is C11H17N3O5S. The van der Waals surface area contributed by atoms with Crippen molar-refractivity contribution in [2.45, 2.75) is 37.1 Å². The van der Waals surface area contributed by atoms with Gasteiger partial charge in [-0.2, -0.15) is 5.10 Å². The van der Waals surface area contributed by atoms with Crippen molar-refractivity contribution in [3.05, 3.63) is 11.4 Å². The molecule has 0 spiro atoms. The molecule has 2 heterocycles. The Morgan fingerprint density at radius 2 is 2.05 bits per heavy atom. The van der Waals surface area contributed by atoms with Crippen LogP contribution in [-0.2, 0) is 14.8 Å². The van der Waals surface area contributed by atoms with Gasteiger partial charge in [-0.05, 0) is 26.7 Å². The van der Waals surface area contributed by atoms with E-state index < -0.39 is 27.2 Å². The molecule has 1 aliphatic rings. The fourth-order valence-corrected chi connectivity index (χ4v) is 3.98. The first kappa shape index (κ1) is 14.9. The van der Waals surface area contributed by atoms with Crippen molar-refractivity contribution >= 4 is 16.0 Å². The van der Waals surface area contributed by atoms with Gasteiger partial charge in [0.1, 0.15) is 4.90 Å². The van der Waals surface area contributed by atoms with Gasteiger partial charge in [-0.25, -0.2) is 17.9 Å². The van der Waals surface area contributed by atoms with Crippen molar-refractivity contribution in [3.63, 3.8) is 0 Å².